The third-order valence-corrected chi connectivity index (χ3v) is 4.29. The van der Waals surface area contributed by atoms with Crippen LogP contribution in [0.4, 0.5) is 0 Å². The second-order valence-corrected chi connectivity index (χ2v) is 5.39. The lowest BCUT2D eigenvalue weighted by molar-refractivity contribution is -0.143. The Kier molecular flexibility index (Phi) is 4.73. The molecule has 0 radical (unpaired) electrons. The van der Waals surface area contributed by atoms with E-state index >= 15 is 0 Å². The second kappa shape index (κ2) is 6.35. The van der Waals surface area contributed by atoms with Crippen molar-refractivity contribution >= 4 is 5.97 Å². The Morgan fingerprint density at radius 1 is 1.14 bits per heavy atom. The number of carboxylic acids is 1. The van der Waals surface area contributed by atoms with E-state index in [9.17, 15) is 9.90 Å². The molecule has 0 amide bonds. The van der Waals surface area contributed by atoms with Gasteiger partial charge in [-0.1, -0.05) is 12.8 Å². The minimum absolute atomic E-state index is 0.352. The maximum absolute atomic E-state index is 11.9. The summed E-state index contributed by atoms with van der Waals surface area (Å²) in [5.74, 6) is 0.372. The minimum Gasteiger partial charge on any atom is -0.493 e. The van der Waals surface area contributed by atoms with Gasteiger partial charge in [-0.25, -0.2) is 0 Å². The van der Waals surface area contributed by atoms with Gasteiger partial charge in [0.2, 0.25) is 0 Å². The molecule has 5 heteroatoms. The zero-order valence-corrected chi connectivity index (χ0v) is 12.8. The van der Waals surface area contributed by atoms with Crippen molar-refractivity contribution in [3.63, 3.8) is 0 Å². The van der Waals surface area contributed by atoms with E-state index in [2.05, 4.69) is 0 Å². The van der Waals surface area contributed by atoms with Gasteiger partial charge in [0.25, 0.3) is 0 Å². The van der Waals surface area contributed by atoms with Gasteiger partial charge in [-0.2, -0.15) is 0 Å². The molecule has 21 heavy (non-hydrogen) atoms. The van der Waals surface area contributed by atoms with Crippen molar-refractivity contribution in [2.45, 2.75) is 37.7 Å². The lowest BCUT2D eigenvalue weighted by Crippen LogP contribution is -2.34. The number of aliphatic carboxylic acids is 1. The van der Waals surface area contributed by atoms with Gasteiger partial charge in [0.05, 0.1) is 26.2 Å². The van der Waals surface area contributed by atoms with Crippen LogP contribution in [0.3, 0.4) is 0 Å². The first-order valence-electron chi connectivity index (χ1n) is 7.06. The molecule has 0 saturated heterocycles. The summed E-state index contributed by atoms with van der Waals surface area (Å²) in [6, 6.07) is 3.62. The largest absolute Gasteiger partial charge is 0.493 e. The van der Waals surface area contributed by atoms with Gasteiger partial charge in [-0.3, -0.25) is 4.79 Å². The van der Waals surface area contributed by atoms with E-state index in [0.29, 0.717) is 30.9 Å². The monoisotopic (exact) mass is 294 g/mol. The predicted molar refractivity (Wildman–Crippen MR) is 78.0 cm³/mol. The maximum Gasteiger partial charge on any atom is 0.314 e. The highest BCUT2D eigenvalue weighted by atomic mass is 16.5. The predicted octanol–water partition coefficient (Wildman–Crippen LogP) is 2.75. The molecule has 1 aromatic carbocycles. The summed E-state index contributed by atoms with van der Waals surface area (Å²) in [4.78, 5) is 11.9. The van der Waals surface area contributed by atoms with Crippen molar-refractivity contribution in [1.82, 2.24) is 0 Å². The van der Waals surface area contributed by atoms with Crippen molar-refractivity contribution in [2.24, 2.45) is 0 Å². The Labute approximate surface area is 124 Å². The summed E-state index contributed by atoms with van der Waals surface area (Å²) in [6.45, 7) is 0.352. The van der Waals surface area contributed by atoms with Gasteiger partial charge in [-0.05, 0) is 36.1 Å². The molecule has 1 fully saturated rings. The van der Waals surface area contributed by atoms with Crippen LogP contribution in [0.2, 0.25) is 0 Å². The highest BCUT2D eigenvalue weighted by Crippen LogP contribution is 2.45. The topological polar surface area (TPSA) is 65.0 Å². The maximum atomic E-state index is 11.9. The number of ether oxygens (including phenoxy) is 3. The molecule has 0 aromatic heterocycles. The van der Waals surface area contributed by atoms with Gasteiger partial charge in [0.1, 0.15) is 0 Å². The Hall–Kier alpha value is -1.75. The first kappa shape index (κ1) is 15.6. The van der Waals surface area contributed by atoms with Crippen molar-refractivity contribution in [1.29, 1.82) is 0 Å². The highest BCUT2D eigenvalue weighted by Gasteiger charge is 2.44. The molecule has 1 aromatic rings. The summed E-state index contributed by atoms with van der Waals surface area (Å²) in [5, 5.41) is 9.79. The average molecular weight is 294 g/mol. The van der Waals surface area contributed by atoms with Crippen molar-refractivity contribution in [2.75, 3.05) is 21.3 Å². The number of hydrogen-bond acceptors (Lipinski definition) is 4. The average Bonchev–Trinajstić information content (AvgIpc) is 2.97. The van der Waals surface area contributed by atoms with Gasteiger partial charge < -0.3 is 19.3 Å². The van der Waals surface area contributed by atoms with Gasteiger partial charge >= 0.3 is 5.97 Å². The number of hydrogen-bond donors (Lipinski definition) is 1. The molecule has 0 unspecified atom stereocenters. The van der Waals surface area contributed by atoms with Crippen LogP contribution in [0.15, 0.2) is 12.1 Å². The summed E-state index contributed by atoms with van der Waals surface area (Å²) < 4.78 is 15.9. The number of carbonyl (C=O) groups is 1. The molecule has 116 valence electrons. The van der Waals surface area contributed by atoms with Crippen LogP contribution in [0.25, 0.3) is 0 Å². The van der Waals surface area contributed by atoms with E-state index in [1.165, 1.54) is 0 Å². The van der Waals surface area contributed by atoms with Crippen LogP contribution in [0.5, 0.6) is 11.5 Å². The van der Waals surface area contributed by atoms with Crippen molar-refractivity contribution < 1.29 is 24.1 Å². The van der Waals surface area contributed by atoms with Crippen LogP contribution in [0, 0.1) is 0 Å². The zero-order chi connectivity index (χ0) is 15.5. The van der Waals surface area contributed by atoms with Crippen LogP contribution in [-0.2, 0) is 21.6 Å². The number of benzene rings is 1. The molecule has 0 aliphatic heterocycles. The van der Waals surface area contributed by atoms with Crippen LogP contribution >= 0.6 is 0 Å². The molecule has 1 saturated carbocycles. The minimum atomic E-state index is -0.840. The molecule has 0 heterocycles. The molecule has 5 nitrogen and oxygen atoms in total. The Morgan fingerprint density at radius 3 is 2.19 bits per heavy atom. The summed E-state index contributed by atoms with van der Waals surface area (Å²) in [7, 11) is 4.72. The van der Waals surface area contributed by atoms with Crippen LogP contribution < -0.4 is 9.47 Å². The summed E-state index contributed by atoms with van der Waals surface area (Å²) in [6.07, 6.45) is 3.14. The molecule has 1 N–H and O–H groups in total. The molecule has 1 aliphatic rings. The third-order valence-electron chi connectivity index (χ3n) is 4.29. The smallest absolute Gasteiger partial charge is 0.314 e. The molecular formula is C16H22O5. The van der Waals surface area contributed by atoms with E-state index in [0.717, 1.165) is 24.0 Å². The lowest BCUT2D eigenvalue weighted by atomic mass is 9.76. The van der Waals surface area contributed by atoms with Crippen LogP contribution in [-0.4, -0.2) is 32.4 Å². The number of carboxylic acid groups (broad SMARTS) is 1. The van der Waals surface area contributed by atoms with Gasteiger partial charge in [0, 0.05) is 7.11 Å². The van der Waals surface area contributed by atoms with Gasteiger partial charge in [-0.15, -0.1) is 0 Å². The van der Waals surface area contributed by atoms with E-state index < -0.39 is 11.4 Å². The lowest BCUT2D eigenvalue weighted by Gasteiger charge is -2.28. The van der Waals surface area contributed by atoms with E-state index in [4.69, 9.17) is 14.2 Å². The molecule has 2 rings (SSSR count). The Balaban J connectivity index is 2.61. The summed E-state index contributed by atoms with van der Waals surface area (Å²) in [5.41, 5.74) is 0.791. The zero-order valence-electron chi connectivity index (χ0n) is 12.8. The van der Waals surface area contributed by atoms with Crippen molar-refractivity contribution in [3.8, 4) is 11.5 Å². The number of rotatable bonds is 6. The van der Waals surface area contributed by atoms with E-state index in [1.54, 1.807) is 27.4 Å². The normalized spacial score (nSPS) is 16.7. The van der Waals surface area contributed by atoms with Gasteiger partial charge in [0.15, 0.2) is 11.5 Å². The highest BCUT2D eigenvalue weighted by molar-refractivity contribution is 5.83. The molecule has 0 bridgehead atoms. The molecule has 0 atom stereocenters. The Bertz CT molecular complexity index is 518. The first-order valence-corrected chi connectivity index (χ1v) is 7.06. The fourth-order valence-corrected chi connectivity index (χ4v) is 3.22. The quantitative estimate of drug-likeness (QED) is 0.874. The van der Waals surface area contributed by atoms with E-state index in [1.807, 2.05) is 6.07 Å². The van der Waals surface area contributed by atoms with Crippen molar-refractivity contribution in [3.05, 3.63) is 23.3 Å². The molecule has 1 aliphatic carbocycles. The Morgan fingerprint density at radius 2 is 1.71 bits per heavy atom. The fourth-order valence-electron chi connectivity index (χ4n) is 3.22. The third kappa shape index (κ3) is 2.70. The molecule has 0 spiro atoms. The van der Waals surface area contributed by atoms with Crippen LogP contribution in [0.1, 0.15) is 36.8 Å². The standard InChI is InChI=1S/C16H22O5/c1-19-10-11-8-13(20-2)14(21-3)9-12(11)16(15(17)18)6-4-5-7-16/h8-9H,4-7,10H2,1-3H3,(H,17,18). The molecular weight excluding hydrogens is 272 g/mol. The fraction of sp³-hybridized carbons (Fsp3) is 0.562. The first-order chi connectivity index (χ1) is 10.1. The van der Waals surface area contributed by atoms with E-state index in [-0.39, 0.29) is 0 Å². The SMILES string of the molecule is COCc1cc(OC)c(OC)cc1C1(C(=O)O)CCCC1. The second-order valence-electron chi connectivity index (χ2n) is 5.39. The summed E-state index contributed by atoms with van der Waals surface area (Å²) >= 11 is 0. The number of methoxy groups -OCH3 is 3.